The summed E-state index contributed by atoms with van der Waals surface area (Å²) in [5, 5.41) is 9.93. The Bertz CT molecular complexity index is 278. The van der Waals surface area contributed by atoms with Gasteiger partial charge in [-0.2, -0.15) is 0 Å². The minimum atomic E-state index is -0.698. The highest BCUT2D eigenvalue weighted by Gasteiger charge is 2.09. The first kappa shape index (κ1) is 10.3. The van der Waals surface area contributed by atoms with Gasteiger partial charge >= 0.3 is 0 Å². The van der Waals surface area contributed by atoms with Crippen LogP contribution in [0.5, 0.6) is 0 Å². The normalized spacial score (nSPS) is 13.0. The Kier molecular flexibility index (Phi) is 3.84. The molecule has 0 unspecified atom stereocenters. The molecule has 0 bridgehead atoms. The van der Waals surface area contributed by atoms with Gasteiger partial charge < -0.3 is 5.11 Å². The molecule has 0 heterocycles. The Morgan fingerprint density at radius 3 is 2.75 bits per heavy atom. The molecule has 0 saturated carbocycles. The van der Waals surface area contributed by atoms with Crippen molar-refractivity contribution in [2.75, 3.05) is 5.88 Å². The summed E-state index contributed by atoms with van der Waals surface area (Å²) in [6.45, 7) is 0. The fourth-order valence-corrected chi connectivity index (χ4v) is 1.64. The number of halogens is 3. The molecule has 1 rings (SSSR count). The van der Waals surface area contributed by atoms with E-state index in [9.17, 15) is 5.11 Å². The van der Waals surface area contributed by atoms with E-state index in [1.807, 2.05) is 6.07 Å². The van der Waals surface area contributed by atoms with Crippen LogP contribution >= 0.6 is 39.1 Å². The summed E-state index contributed by atoms with van der Waals surface area (Å²) in [5.74, 6) is 0.149. The van der Waals surface area contributed by atoms with Crippen molar-refractivity contribution >= 4 is 39.1 Å². The van der Waals surface area contributed by atoms with E-state index in [1.54, 1.807) is 12.1 Å². The molecule has 0 saturated heterocycles. The Morgan fingerprint density at radius 2 is 2.17 bits per heavy atom. The predicted octanol–water partition coefficient (Wildman–Crippen LogP) is 3.37. The maximum Gasteiger partial charge on any atom is 0.0940 e. The summed E-state index contributed by atoms with van der Waals surface area (Å²) in [4.78, 5) is 0. The molecule has 4 heteroatoms. The topological polar surface area (TPSA) is 20.2 Å². The molecule has 1 aromatic carbocycles. The number of benzene rings is 1. The van der Waals surface area contributed by atoms with E-state index < -0.39 is 6.10 Å². The second kappa shape index (κ2) is 4.47. The van der Waals surface area contributed by atoms with E-state index in [2.05, 4.69) is 15.9 Å². The van der Waals surface area contributed by atoms with Crippen molar-refractivity contribution in [2.45, 2.75) is 6.10 Å². The number of hydrogen-bond acceptors (Lipinski definition) is 1. The van der Waals surface area contributed by atoms with Gasteiger partial charge in [0.05, 0.1) is 12.0 Å². The van der Waals surface area contributed by atoms with E-state index in [1.165, 1.54) is 0 Å². The van der Waals surface area contributed by atoms with Crippen LogP contribution in [0.4, 0.5) is 0 Å². The first-order chi connectivity index (χ1) is 5.65. The summed E-state index contributed by atoms with van der Waals surface area (Å²) in [7, 11) is 0. The van der Waals surface area contributed by atoms with E-state index >= 15 is 0 Å². The molecule has 1 aromatic rings. The van der Waals surface area contributed by atoms with Crippen LogP contribution in [0.3, 0.4) is 0 Å². The maximum atomic E-state index is 9.40. The molecule has 1 N–H and O–H groups in total. The standard InChI is InChI=1S/C8H7BrCl2O/c9-5-1-2-7(11)6(3-5)8(12)4-10/h1-3,8,12H,4H2/t8-/m1/s1. The van der Waals surface area contributed by atoms with E-state index in [0.717, 1.165) is 4.47 Å². The van der Waals surface area contributed by atoms with Crippen LogP contribution in [-0.2, 0) is 0 Å². The zero-order chi connectivity index (χ0) is 9.14. The lowest BCUT2D eigenvalue weighted by Gasteiger charge is -2.09. The molecule has 0 aliphatic heterocycles. The molecular formula is C8H7BrCl2O. The van der Waals surface area contributed by atoms with Crippen molar-refractivity contribution in [2.24, 2.45) is 0 Å². The van der Waals surface area contributed by atoms with Crippen LogP contribution in [0.15, 0.2) is 22.7 Å². The number of alkyl halides is 1. The summed E-state index contributed by atoms with van der Waals surface area (Å²) >= 11 is 14.6. The highest BCUT2D eigenvalue weighted by molar-refractivity contribution is 9.10. The van der Waals surface area contributed by atoms with Gasteiger partial charge in [0.15, 0.2) is 0 Å². The van der Waals surface area contributed by atoms with Gasteiger partial charge in [0.2, 0.25) is 0 Å². The lowest BCUT2D eigenvalue weighted by molar-refractivity contribution is 0.202. The average molecular weight is 270 g/mol. The number of rotatable bonds is 2. The maximum absolute atomic E-state index is 9.40. The third-order valence-electron chi connectivity index (χ3n) is 1.46. The molecule has 0 spiro atoms. The summed E-state index contributed by atoms with van der Waals surface area (Å²) in [6, 6.07) is 5.29. The van der Waals surface area contributed by atoms with E-state index in [0.29, 0.717) is 10.6 Å². The molecule has 0 aromatic heterocycles. The molecule has 1 nitrogen and oxygen atoms in total. The Morgan fingerprint density at radius 1 is 1.50 bits per heavy atom. The lowest BCUT2D eigenvalue weighted by atomic mass is 10.1. The van der Waals surface area contributed by atoms with Crippen molar-refractivity contribution < 1.29 is 5.11 Å². The fourth-order valence-electron chi connectivity index (χ4n) is 0.853. The smallest absolute Gasteiger partial charge is 0.0940 e. The van der Waals surface area contributed by atoms with Gasteiger partial charge in [-0.25, -0.2) is 0 Å². The number of aliphatic hydroxyl groups is 1. The Hall–Kier alpha value is 0.240. The van der Waals surface area contributed by atoms with Gasteiger partial charge in [-0.1, -0.05) is 27.5 Å². The number of aliphatic hydroxyl groups excluding tert-OH is 1. The van der Waals surface area contributed by atoms with Crippen LogP contribution in [0.2, 0.25) is 5.02 Å². The van der Waals surface area contributed by atoms with Crippen molar-refractivity contribution in [1.82, 2.24) is 0 Å². The van der Waals surface area contributed by atoms with Crippen molar-refractivity contribution in [1.29, 1.82) is 0 Å². The van der Waals surface area contributed by atoms with Gasteiger partial charge in [-0.3, -0.25) is 0 Å². The molecule has 66 valence electrons. The Labute approximate surface area is 89.4 Å². The third-order valence-corrected chi connectivity index (χ3v) is 2.59. The second-order valence-electron chi connectivity index (χ2n) is 2.34. The van der Waals surface area contributed by atoms with Crippen LogP contribution in [-0.4, -0.2) is 11.0 Å². The molecule has 1 atom stereocenters. The zero-order valence-corrected chi connectivity index (χ0v) is 9.20. The third kappa shape index (κ3) is 2.36. The monoisotopic (exact) mass is 268 g/mol. The van der Waals surface area contributed by atoms with Gasteiger partial charge in [0.25, 0.3) is 0 Å². The van der Waals surface area contributed by atoms with Gasteiger partial charge in [0, 0.05) is 15.1 Å². The molecule has 0 aliphatic carbocycles. The van der Waals surface area contributed by atoms with Crippen LogP contribution in [0.1, 0.15) is 11.7 Å². The first-order valence-corrected chi connectivity index (χ1v) is 5.04. The van der Waals surface area contributed by atoms with Crippen LogP contribution in [0.25, 0.3) is 0 Å². The highest BCUT2D eigenvalue weighted by Crippen LogP contribution is 2.26. The zero-order valence-electron chi connectivity index (χ0n) is 6.10. The predicted molar refractivity (Wildman–Crippen MR) is 54.8 cm³/mol. The molecule has 0 amide bonds. The molecule has 0 aliphatic rings. The van der Waals surface area contributed by atoms with Gasteiger partial charge in [0.1, 0.15) is 0 Å². The minimum Gasteiger partial charge on any atom is -0.387 e. The number of hydrogen-bond donors (Lipinski definition) is 1. The van der Waals surface area contributed by atoms with Crippen molar-refractivity contribution in [3.63, 3.8) is 0 Å². The Balaban J connectivity index is 3.04. The molecule has 0 fully saturated rings. The SMILES string of the molecule is O[C@H](CCl)c1cc(Br)ccc1Cl. The average Bonchev–Trinajstić information content (AvgIpc) is 2.08. The van der Waals surface area contributed by atoms with E-state index in [4.69, 9.17) is 23.2 Å². The van der Waals surface area contributed by atoms with Gasteiger partial charge in [-0.15, -0.1) is 11.6 Å². The summed E-state index contributed by atoms with van der Waals surface area (Å²) in [6.07, 6.45) is -0.698. The highest BCUT2D eigenvalue weighted by atomic mass is 79.9. The lowest BCUT2D eigenvalue weighted by Crippen LogP contribution is -1.99. The van der Waals surface area contributed by atoms with E-state index in [-0.39, 0.29) is 5.88 Å². The van der Waals surface area contributed by atoms with Gasteiger partial charge in [-0.05, 0) is 18.2 Å². The second-order valence-corrected chi connectivity index (χ2v) is 3.97. The minimum absolute atomic E-state index is 0.149. The van der Waals surface area contributed by atoms with Crippen molar-refractivity contribution in [3.8, 4) is 0 Å². The molecule has 0 radical (unpaired) electrons. The molecule has 12 heavy (non-hydrogen) atoms. The quantitative estimate of drug-likeness (QED) is 0.817. The van der Waals surface area contributed by atoms with Crippen LogP contribution < -0.4 is 0 Å². The fraction of sp³-hybridized carbons (Fsp3) is 0.250. The first-order valence-electron chi connectivity index (χ1n) is 3.34. The largest absolute Gasteiger partial charge is 0.387 e. The molecular weight excluding hydrogens is 263 g/mol. The van der Waals surface area contributed by atoms with Crippen molar-refractivity contribution in [3.05, 3.63) is 33.3 Å². The summed E-state index contributed by atoms with van der Waals surface area (Å²) in [5.41, 5.74) is 0.654. The van der Waals surface area contributed by atoms with Crippen LogP contribution in [0, 0.1) is 0 Å². The summed E-state index contributed by atoms with van der Waals surface area (Å²) < 4.78 is 0.881.